The van der Waals surface area contributed by atoms with E-state index in [4.69, 9.17) is 5.84 Å². The van der Waals surface area contributed by atoms with Crippen molar-refractivity contribution in [1.82, 2.24) is 5.01 Å². The van der Waals surface area contributed by atoms with E-state index < -0.39 is 6.36 Å². The van der Waals surface area contributed by atoms with E-state index in [0.29, 0.717) is 12.0 Å². The summed E-state index contributed by atoms with van der Waals surface area (Å²) >= 11 is 0. The monoisotopic (exact) mass is 378 g/mol. The molecule has 1 heterocycles. The van der Waals surface area contributed by atoms with Gasteiger partial charge in [-0.1, -0.05) is 49.4 Å². The molecule has 0 spiro atoms. The molecule has 0 saturated carbocycles. The van der Waals surface area contributed by atoms with Crippen LogP contribution in [-0.4, -0.2) is 17.9 Å². The number of nitrogens with two attached hydrogens (primary N) is 1. The van der Waals surface area contributed by atoms with Gasteiger partial charge in [0.1, 0.15) is 5.75 Å². The Bertz CT molecular complexity index is 749. The van der Waals surface area contributed by atoms with Gasteiger partial charge >= 0.3 is 6.36 Å². The lowest BCUT2D eigenvalue weighted by Crippen LogP contribution is -2.44. The van der Waals surface area contributed by atoms with Crippen LogP contribution in [0.2, 0.25) is 0 Å². The lowest BCUT2D eigenvalue weighted by molar-refractivity contribution is -0.274. The molecule has 1 aliphatic heterocycles. The van der Waals surface area contributed by atoms with E-state index in [1.165, 1.54) is 6.07 Å². The van der Waals surface area contributed by atoms with Crippen molar-refractivity contribution in [1.29, 1.82) is 0 Å². The Hall–Kier alpha value is -2.05. The highest BCUT2D eigenvalue weighted by Gasteiger charge is 2.34. The molecule has 2 unspecified atom stereocenters. The maximum atomic E-state index is 12.8. The molecule has 2 aromatic rings. The molecule has 2 N–H and O–H groups in total. The first-order valence-electron chi connectivity index (χ1n) is 9.31. The van der Waals surface area contributed by atoms with E-state index in [-0.39, 0.29) is 17.7 Å². The standard InChI is InChI=1S/C21H25F3N2O/c1-2-15-10-11-19(27-21(22,23)24)18(13-15)14-17-9-6-12-26(25)20(17)16-7-4-3-5-8-16/h3-5,7-8,10-11,13,17,20H,2,6,9,12,14,25H2,1H3. The first-order chi connectivity index (χ1) is 12.9. The number of aryl methyl sites for hydroxylation is 1. The lowest BCUT2D eigenvalue weighted by atomic mass is 9.81. The summed E-state index contributed by atoms with van der Waals surface area (Å²) in [5.74, 6) is 6.28. The number of hydrazine groups is 1. The molecular formula is C21H25F3N2O. The van der Waals surface area contributed by atoms with E-state index in [2.05, 4.69) is 4.74 Å². The second-order valence-electron chi connectivity index (χ2n) is 7.04. The summed E-state index contributed by atoms with van der Waals surface area (Å²) in [4.78, 5) is 0. The van der Waals surface area contributed by atoms with Gasteiger partial charge in [0.2, 0.25) is 0 Å². The van der Waals surface area contributed by atoms with Crippen LogP contribution in [0, 0.1) is 5.92 Å². The molecule has 0 aromatic heterocycles. The molecule has 1 aliphatic rings. The number of ether oxygens (including phenoxy) is 1. The van der Waals surface area contributed by atoms with E-state index in [1.54, 1.807) is 6.07 Å². The Labute approximate surface area is 157 Å². The largest absolute Gasteiger partial charge is 0.573 e. The van der Waals surface area contributed by atoms with Crippen LogP contribution >= 0.6 is 0 Å². The molecule has 0 radical (unpaired) electrons. The summed E-state index contributed by atoms with van der Waals surface area (Å²) in [7, 11) is 0. The summed E-state index contributed by atoms with van der Waals surface area (Å²) in [5.41, 5.74) is 2.68. The minimum absolute atomic E-state index is 0.0241. The third-order valence-electron chi connectivity index (χ3n) is 5.18. The van der Waals surface area contributed by atoms with Crippen molar-refractivity contribution in [3.05, 3.63) is 65.2 Å². The third-order valence-corrected chi connectivity index (χ3v) is 5.18. The highest BCUT2D eigenvalue weighted by atomic mass is 19.4. The Morgan fingerprint density at radius 3 is 2.56 bits per heavy atom. The Morgan fingerprint density at radius 1 is 1.15 bits per heavy atom. The lowest BCUT2D eigenvalue weighted by Gasteiger charge is -2.39. The topological polar surface area (TPSA) is 38.5 Å². The van der Waals surface area contributed by atoms with Crippen LogP contribution in [0.25, 0.3) is 0 Å². The minimum Gasteiger partial charge on any atom is -0.406 e. The number of piperidine rings is 1. The second-order valence-corrected chi connectivity index (χ2v) is 7.04. The summed E-state index contributed by atoms with van der Waals surface area (Å²) in [6.07, 6.45) is -1.61. The number of hydrogen-bond acceptors (Lipinski definition) is 3. The number of hydrogen-bond donors (Lipinski definition) is 1. The van der Waals surface area contributed by atoms with Crippen molar-refractivity contribution in [2.75, 3.05) is 6.54 Å². The van der Waals surface area contributed by atoms with Crippen LogP contribution < -0.4 is 10.6 Å². The highest BCUT2D eigenvalue weighted by molar-refractivity contribution is 5.38. The predicted molar refractivity (Wildman–Crippen MR) is 99.0 cm³/mol. The molecule has 0 bridgehead atoms. The van der Waals surface area contributed by atoms with Gasteiger partial charge in [0.25, 0.3) is 0 Å². The van der Waals surface area contributed by atoms with Crippen molar-refractivity contribution in [3.63, 3.8) is 0 Å². The van der Waals surface area contributed by atoms with Crippen LogP contribution in [0.4, 0.5) is 13.2 Å². The zero-order chi connectivity index (χ0) is 19.4. The van der Waals surface area contributed by atoms with Gasteiger partial charge in [0.05, 0.1) is 6.04 Å². The van der Waals surface area contributed by atoms with E-state index in [0.717, 1.165) is 36.9 Å². The first kappa shape index (κ1) is 19.7. The van der Waals surface area contributed by atoms with E-state index >= 15 is 0 Å². The summed E-state index contributed by atoms with van der Waals surface area (Å²) in [6, 6.07) is 14.9. The van der Waals surface area contributed by atoms with Gasteiger partial charge in [-0.25, -0.2) is 5.01 Å². The minimum atomic E-state index is -4.70. The highest BCUT2D eigenvalue weighted by Crippen LogP contribution is 2.38. The number of halogens is 3. The fourth-order valence-corrected chi connectivity index (χ4v) is 3.95. The normalized spacial score (nSPS) is 21.2. The summed E-state index contributed by atoms with van der Waals surface area (Å²) < 4.78 is 42.8. The van der Waals surface area contributed by atoms with Gasteiger partial charge in [-0.05, 0) is 54.4 Å². The fourth-order valence-electron chi connectivity index (χ4n) is 3.95. The van der Waals surface area contributed by atoms with E-state index in [9.17, 15) is 13.2 Å². The zero-order valence-corrected chi connectivity index (χ0v) is 15.4. The van der Waals surface area contributed by atoms with Crippen molar-refractivity contribution >= 4 is 0 Å². The van der Waals surface area contributed by atoms with Crippen LogP contribution in [0.5, 0.6) is 5.75 Å². The summed E-state index contributed by atoms with van der Waals surface area (Å²) in [5, 5.41) is 1.82. The molecule has 6 heteroatoms. The smallest absolute Gasteiger partial charge is 0.406 e. The molecule has 27 heavy (non-hydrogen) atoms. The summed E-state index contributed by atoms with van der Waals surface area (Å²) in [6.45, 7) is 2.76. The molecule has 3 rings (SSSR count). The van der Waals surface area contributed by atoms with Crippen molar-refractivity contribution < 1.29 is 17.9 Å². The molecule has 0 aliphatic carbocycles. The molecule has 1 saturated heterocycles. The van der Waals surface area contributed by atoms with Gasteiger partial charge < -0.3 is 4.74 Å². The zero-order valence-electron chi connectivity index (χ0n) is 15.4. The molecule has 146 valence electrons. The number of alkyl halides is 3. The van der Waals surface area contributed by atoms with Gasteiger partial charge in [0.15, 0.2) is 0 Å². The second kappa shape index (κ2) is 8.31. The van der Waals surface area contributed by atoms with E-state index in [1.807, 2.05) is 48.3 Å². The van der Waals surface area contributed by atoms with Crippen molar-refractivity contribution in [2.24, 2.45) is 11.8 Å². The molecular weight excluding hydrogens is 353 g/mol. The van der Waals surface area contributed by atoms with Gasteiger partial charge in [-0.15, -0.1) is 13.2 Å². The molecule has 1 fully saturated rings. The van der Waals surface area contributed by atoms with Gasteiger partial charge in [-0.3, -0.25) is 5.84 Å². The van der Waals surface area contributed by atoms with Gasteiger partial charge in [-0.2, -0.15) is 0 Å². The molecule has 2 atom stereocenters. The van der Waals surface area contributed by atoms with Crippen molar-refractivity contribution in [2.45, 2.75) is 45.0 Å². The maximum absolute atomic E-state index is 12.8. The molecule has 3 nitrogen and oxygen atoms in total. The van der Waals surface area contributed by atoms with Crippen LogP contribution in [0.3, 0.4) is 0 Å². The van der Waals surface area contributed by atoms with Crippen LogP contribution in [-0.2, 0) is 12.8 Å². The average molecular weight is 378 g/mol. The first-order valence-corrected chi connectivity index (χ1v) is 9.31. The number of nitrogens with zero attached hydrogens (tertiary/aromatic N) is 1. The predicted octanol–water partition coefficient (Wildman–Crippen LogP) is 5.02. The quantitative estimate of drug-likeness (QED) is 0.743. The van der Waals surface area contributed by atoms with Crippen molar-refractivity contribution in [3.8, 4) is 5.75 Å². The number of benzene rings is 2. The van der Waals surface area contributed by atoms with Crippen LogP contribution in [0.1, 0.15) is 42.5 Å². The maximum Gasteiger partial charge on any atom is 0.573 e. The third kappa shape index (κ3) is 5.02. The average Bonchev–Trinajstić information content (AvgIpc) is 2.63. The van der Waals surface area contributed by atoms with Gasteiger partial charge in [0, 0.05) is 6.54 Å². The Kier molecular flexibility index (Phi) is 6.07. The molecule has 0 amide bonds. The van der Waals surface area contributed by atoms with Crippen LogP contribution in [0.15, 0.2) is 48.5 Å². The Balaban J connectivity index is 1.91. The number of rotatable bonds is 5. The SMILES string of the molecule is CCc1ccc(OC(F)(F)F)c(CC2CCCN(N)C2c2ccccc2)c1. The molecule has 2 aromatic carbocycles. The Morgan fingerprint density at radius 2 is 1.89 bits per heavy atom. The fraction of sp³-hybridized carbons (Fsp3) is 0.429.